The fourth-order valence-corrected chi connectivity index (χ4v) is 4.74. The highest BCUT2D eigenvalue weighted by molar-refractivity contribution is 5.98. The Morgan fingerprint density at radius 2 is 1.90 bits per heavy atom. The summed E-state index contributed by atoms with van der Waals surface area (Å²) in [7, 11) is 0. The number of rotatable bonds is 10. The van der Waals surface area contributed by atoms with Gasteiger partial charge in [-0.25, -0.2) is 13.8 Å². The van der Waals surface area contributed by atoms with Crippen LogP contribution in [0, 0.1) is 11.6 Å². The number of halogens is 2. The van der Waals surface area contributed by atoms with E-state index in [1.165, 1.54) is 12.3 Å². The third-order valence-corrected chi connectivity index (χ3v) is 7.01. The highest BCUT2D eigenvalue weighted by atomic mass is 19.1. The van der Waals surface area contributed by atoms with E-state index in [9.17, 15) is 23.2 Å². The third kappa shape index (κ3) is 7.14. The van der Waals surface area contributed by atoms with Crippen molar-refractivity contribution in [1.29, 1.82) is 0 Å². The number of Topliss-reactive ketones (excluding diaryl/α,β-unsaturated/α-hetero) is 1. The molecule has 1 aromatic heterocycles. The second kappa shape index (κ2) is 12.8. The summed E-state index contributed by atoms with van der Waals surface area (Å²) in [5.41, 5.74) is 0.986. The molecule has 0 saturated carbocycles. The van der Waals surface area contributed by atoms with E-state index in [1.54, 1.807) is 36.1 Å². The van der Waals surface area contributed by atoms with Gasteiger partial charge in [-0.1, -0.05) is 30.3 Å². The number of benzene rings is 2. The number of ketones is 1. The lowest BCUT2D eigenvalue weighted by Gasteiger charge is -2.34. The predicted octanol–water partition coefficient (Wildman–Crippen LogP) is 4.16. The molecule has 3 atom stereocenters. The largest absolute Gasteiger partial charge is 0.345 e. The fraction of sp³-hybridized carbons (Fsp3) is 0.379. The van der Waals surface area contributed by atoms with Gasteiger partial charge in [-0.05, 0) is 45.2 Å². The van der Waals surface area contributed by atoms with Crippen molar-refractivity contribution in [3.05, 3.63) is 77.8 Å². The van der Waals surface area contributed by atoms with E-state index in [0.717, 1.165) is 31.4 Å². The van der Waals surface area contributed by atoms with Gasteiger partial charge in [-0.15, -0.1) is 0 Å². The first-order valence-corrected chi connectivity index (χ1v) is 13.1. The zero-order chi connectivity index (χ0) is 27.9. The molecule has 3 N–H and O–H groups in total. The first kappa shape index (κ1) is 28.1. The van der Waals surface area contributed by atoms with Crippen molar-refractivity contribution >= 4 is 17.6 Å². The van der Waals surface area contributed by atoms with Gasteiger partial charge in [0.25, 0.3) is 0 Å². The molecule has 2 amide bonds. The molecule has 2 heterocycles. The smallest absolute Gasteiger partial charge is 0.238 e. The second-order valence-electron chi connectivity index (χ2n) is 9.90. The van der Waals surface area contributed by atoms with Gasteiger partial charge in [-0.2, -0.15) is 0 Å². The van der Waals surface area contributed by atoms with Crippen LogP contribution in [0.15, 0.2) is 54.7 Å². The van der Waals surface area contributed by atoms with E-state index in [0.29, 0.717) is 23.6 Å². The molecule has 3 aromatic rings. The van der Waals surface area contributed by atoms with Crippen molar-refractivity contribution in [2.45, 2.75) is 57.7 Å². The van der Waals surface area contributed by atoms with Crippen LogP contribution < -0.4 is 10.6 Å². The maximum absolute atomic E-state index is 14.2. The lowest BCUT2D eigenvalue weighted by molar-refractivity contribution is -0.137. The molecule has 4 rings (SSSR count). The fourth-order valence-electron chi connectivity index (χ4n) is 4.74. The van der Waals surface area contributed by atoms with Gasteiger partial charge < -0.3 is 15.2 Å². The Bertz CT molecular complexity index is 1310. The van der Waals surface area contributed by atoms with Crippen LogP contribution in [0.2, 0.25) is 0 Å². The van der Waals surface area contributed by atoms with Gasteiger partial charge in [0, 0.05) is 29.8 Å². The molecule has 0 radical (unpaired) electrons. The normalized spacial score (nSPS) is 16.9. The van der Waals surface area contributed by atoms with E-state index >= 15 is 0 Å². The average molecular weight is 538 g/mol. The SMILES string of the molecule is CC(NC(=O)C(CC(=O)N1CCCC[C@@H]1C)NCC(=O)c1ccccc1)c1ncc(-c2ccc(F)cc2F)[nH]1. The Labute approximate surface area is 226 Å². The van der Waals surface area contributed by atoms with Gasteiger partial charge in [0.1, 0.15) is 17.5 Å². The minimum absolute atomic E-state index is 0.0910. The van der Waals surface area contributed by atoms with Gasteiger partial charge in [-0.3, -0.25) is 19.7 Å². The Morgan fingerprint density at radius 1 is 1.13 bits per heavy atom. The monoisotopic (exact) mass is 537 g/mol. The number of likely N-dealkylation sites (tertiary alicyclic amines) is 1. The Kier molecular flexibility index (Phi) is 9.19. The molecular weight excluding hydrogens is 504 g/mol. The van der Waals surface area contributed by atoms with Crippen molar-refractivity contribution in [3.63, 3.8) is 0 Å². The summed E-state index contributed by atoms with van der Waals surface area (Å²) < 4.78 is 27.5. The topological polar surface area (TPSA) is 107 Å². The molecule has 1 aliphatic heterocycles. The van der Waals surface area contributed by atoms with Crippen LogP contribution >= 0.6 is 0 Å². The molecule has 0 bridgehead atoms. The average Bonchev–Trinajstić information content (AvgIpc) is 3.41. The van der Waals surface area contributed by atoms with Crippen molar-refractivity contribution in [2.75, 3.05) is 13.1 Å². The summed E-state index contributed by atoms with van der Waals surface area (Å²) in [5.74, 6) is -1.88. The second-order valence-corrected chi connectivity index (χ2v) is 9.90. The number of amides is 2. The number of carbonyl (C=O) groups is 3. The molecule has 2 unspecified atom stereocenters. The van der Waals surface area contributed by atoms with Crippen molar-refractivity contribution in [1.82, 2.24) is 25.5 Å². The molecule has 0 spiro atoms. The van der Waals surface area contributed by atoms with Gasteiger partial charge >= 0.3 is 0 Å². The van der Waals surface area contributed by atoms with Crippen molar-refractivity contribution < 1.29 is 23.2 Å². The quantitative estimate of drug-likeness (QED) is 0.337. The predicted molar refractivity (Wildman–Crippen MR) is 143 cm³/mol. The molecule has 1 aliphatic rings. The van der Waals surface area contributed by atoms with Crippen LogP contribution in [0.1, 0.15) is 61.8 Å². The number of piperidine rings is 1. The maximum atomic E-state index is 14.2. The number of nitrogens with one attached hydrogen (secondary N) is 3. The highest BCUT2D eigenvalue weighted by Gasteiger charge is 2.30. The lowest BCUT2D eigenvalue weighted by Crippen LogP contribution is -2.51. The van der Waals surface area contributed by atoms with E-state index in [4.69, 9.17) is 0 Å². The molecule has 206 valence electrons. The van der Waals surface area contributed by atoms with Crippen LogP contribution in [0.4, 0.5) is 8.78 Å². The Morgan fingerprint density at radius 3 is 2.62 bits per heavy atom. The highest BCUT2D eigenvalue weighted by Crippen LogP contribution is 2.23. The zero-order valence-corrected chi connectivity index (χ0v) is 22.0. The zero-order valence-electron chi connectivity index (χ0n) is 22.0. The Hall–Kier alpha value is -3.92. The van der Waals surface area contributed by atoms with E-state index in [2.05, 4.69) is 20.6 Å². The van der Waals surface area contributed by atoms with Gasteiger partial charge in [0.2, 0.25) is 11.8 Å². The van der Waals surface area contributed by atoms with Crippen LogP contribution in [0.3, 0.4) is 0 Å². The number of aromatic amines is 1. The summed E-state index contributed by atoms with van der Waals surface area (Å²) in [6.07, 6.45) is 4.19. The number of hydrogen-bond donors (Lipinski definition) is 3. The molecule has 1 saturated heterocycles. The molecule has 2 aromatic carbocycles. The van der Waals surface area contributed by atoms with Crippen molar-refractivity contribution in [2.24, 2.45) is 0 Å². The van der Waals surface area contributed by atoms with Crippen LogP contribution in [0.5, 0.6) is 0 Å². The van der Waals surface area contributed by atoms with E-state index in [1.807, 2.05) is 13.0 Å². The number of nitrogens with zero attached hydrogens (tertiary/aromatic N) is 2. The lowest BCUT2D eigenvalue weighted by atomic mass is 10.0. The number of aromatic nitrogens is 2. The van der Waals surface area contributed by atoms with Crippen LogP contribution in [-0.4, -0.2) is 57.6 Å². The number of H-pyrrole nitrogens is 1. The van der Waals surface area contributed by atoms with Gasteiger partial charge in [0.05, 0.1) is 36.9 Å². The number of carbonyl (C=O) groups excluding carboxylic acids is 3. The summed E-state index contributed by atoms with van der Waals surface area (Å²) in [5, 5.41) is 5.82. The Balaban J connectivity index is 1.45. The number of hydrogen-bond acceptors (Lipinski definition) is 5. The summed E-state index contributed by atoms with van der Waals surface area (Å²) in [6, 6.07) is 10.5. The van der Waals surface area contributed by atoms with E-state index < -0.39 is 29.6 Å². The molecular formula is C29H33F2N5O3. The van der Waals surface area contributed by atoms with Gasteiger partial charge in [0.15, 0.2) is 5.78 Å². The molecule has 10 heteroatoms. The molecule has 0 aliphatic carbocycles. The maximum Gasteiger partial charge on any atom is 0.238 e. The molecule has 39 heavy (non-hydrogen) atoms. The van der Waals surface area contributed by atoms with Crippen LogP contribution in [0.25, 0.3) is 11.3 Å². The summed E-state index contributed by atoms with van der Waals surface area (Å²) in [4.78, 5) is 48.2. The third-order valence-electron chi connectivity index (χ3n) is 7.01. The standard InChI is InChI=1S/C29H33F2N5O3/c1-18-8-6-7-13-36(18)27(38)15-24(32-17-26(37)20-9-4-3-5-10-20)29(39)34-19(2)28-33-16-25(35-28)22-12-11-21(30)14-23(22)31/h3-5,9-12,14,16,18-19,24,32H,6-8,13,15,17H2,1-2H3,(H,33,35)(H,34,39)/t18-,19?,24?/m0/s1. The molecule has 8 nitrogen and oxygen atoms in total. The summed E-state index contributed by atoms with van der Waals surface area (Å²) in [6.45, 7) is 4.22. The van der Waals surface area contributed by atoms with E-state index in [-0.39, 0.29) is 36.3 Å². The van der Waals surface area contributed by atoms with Crippen LogP contribution in [-0.2, 0) is 9.59 Å². The first-order chi connectivity index (χ1) is 18.7. The molecule has 1 fully saturated rings. The first-order valence-electron chi connectivity index (χ1n) is 13.1. The van der Waals surface area contributed by atoms with Crippen molar-refractivity contribution in [3.8, 4) is 11.3 Å². The minimum Gasteiger partial charge on any atom is -0.345 e. The number of imidazole rings is 1. The minimum atomic E-state index is -0.953. The summed E-state index contributed by atoms with van der Waals surface area (Å²) >= 11 is 0.